The Bertz CT molecular complexity index is 584. The van der Waals surface area contributed by atoms with Crippen molar-refractivity contribution in [1.29, 1.82) is 0 Å². The van der Waals surface area contributed by atoms with Crippen LogP contribution in [0.3, 0.4) is 0 Å². The summed E-state index contributed by atoms with van der Waals surface area (Å²) in [7, 11) is -3.66. The van der Waals surface area contributed by atoms with Crippen molar-refractivity contribution < 1.29 is 8.42 Å². The van der Waals surface area contributed by atoms with Crippen molar-refractivity contribution in [1.82, 2.24) is 0 Å². The Kier molecular flexibility index (Phi) is 4.39. The van der Waals surface area contributed by atoms with Gasteiger partial charge in [0.1, 0.15) is 0 Å². The van der Waals surface area contributed by atoms with Crippen LogP contribution in [-0.4, -0.2) is 14.5 Å². The Balaban J connectivity index is 2.19. The van der Waals surface area contributed by atoms with Gasteiger partial charge in [-0.05, 0) is 55.7 Å². The van der Waals surface area contributed by atoms with E-state index in [0.29, 0.717) is 17.5 Å². The molecule has 1 saturated carbocycles. The molecule has 1 aromatic carbocycles. The first-order chi connectivity index (χ1) is 9.29. The van der Waals surface area contributed by atoms with E-state index in [1.165, 1.54) is 6.42 Å². The van der Waals surface area contributed by atoms with Crippen molar-refractivity contribution in [2.45, 2.75) is 51.0 Å². The highest BCUT2D eigenvalue weighted by Crippen LogP contribution is 2.32. The second kappa shape index (κ2) is 5.74. The van der Waals surface area contributed by atoms with Gasteiger partial charge in [-0.25, -0.2) is 13.6 Å². The molecule has 2 rings (SSSR count). The third-order valence-electron chi connectivity index (χ3n) is 4.55. The van der Waals surface area contributed by atoms with Crippen molar-refractivity contribution in [3.05, 3.63) is 23.8 Å². The Morgan fingerprint density at radius 1 is 1.20 bits per heavy atom. The molecule has 20 heavy (non-hydrogen) atoms. The molecule has 1 fully saturated rings. The molecule has 0 heterocycles. The van der Waals surface area contributed by atoms with Crippen LogP contribution in [0.5, 0.6) is 0 Å². The second-order valence-electron chi connectivity index (χ2n) is 6.08. The molecule has 0 radical (unpaired) electrons. The van der Waals surface area contributed by atoms with Gasteiger partial charge in [-0.3, -0.25) is 0 Å². The van der Waals surface area contributed by atoms with Crippen LogP contribution in [-0.2, 0) is 10.0 Å². The van der Waals surface area contributed by atoms with E-state index >= 15 is 0 Å². The monoisotopic (exact) mass is 296 g/mol. The summed E-state index contributed by atoms with van der Waals surface area (Å²) in [5, 5.41) is 8.74. The molecule has 0 spiro atoms. The van der Waals surface area contributed by atoms with E-state index in [0.717, 1.165) is 24.4 Å². The summed E-state index contributed by atoms with van der Waals surface area (Å²) in [6, 6.07) is 5.63. The van der Waals surface area contributed by atoms with Crippen LogP contribution in [0, 0.1) is 18.8 Å². The van der Waals surface area contributed by atoms with Crippen molar-refractivity contribution in [2.75, 3.05) is 5.32 Å². The molecule has 3 atom stereocenters. The molecule has 112 valence electrons. The minimum atomic E-state index is -3.66. The van der Waals surface area contributed by atoms with Crippen molar-refractivity contribution in [3.63, 3.8) is 0 Å². The van der Waals surface area contributed by atoms with Gasteiger partial charge in [-0.2, -0.15) is 0 Å². The Hall–Kier alpha value is -1.07. The molecule has 1 aliphatic rings. The fourth-order valence-electron chi connectivity index (χ4n) is 2.98. The smallest absolute Gasteiger partial charge is 0.238 e. The fraction of sp³-hybridized carbons (Fsp3) is 0.600. The summed E-state index contributed by atoms with van der Waals surface area (Å²) >= 11 is 0. The molecular weight excluding hydrogens is 272 g/mol. The number of nitrogens with two attached hydrogens (primary N) is 1. The van der Waals surface area contributed by atoms with Gasteiger partial charge in [0, 0.05) is 11.7 Å². The number of hydrogen-bond acceptors (Lipinski definition) is 3. The topological polar surface area (TPSA) is 72.2 Å². The molecular formula is C15H24N2O2S. The predicted molar refractivity (Wildman–Crippen MR) is 82.1 cm³/mol. The molecule has 0 bridgehead atoms. The highest BCUT2D eigenvalue weighted by Gasteiger charge is 2.25. The van der Waals surface area contributed by atoms with Crippen molar-refractivity contribution in [3.8, 4) is 0 Å². The number of hydrogen-bond donors (Lipinski definition) is 2. The van der Waals surface area contributed by atoms with Crippen molar-refractivity contribution >= 4 is 15.7 Å². The first kappa shape index (κ1) is 15.3. The lowest BCUT2D eigenvalue weighted by atomic mass is 9.79. The fourth-order valence-corrected chi connectivity index (χ4v) is 3.78. The van der Waals surface area contributed by atoms with E-state index in [4.69, 9.17) is 5.14 Å². The molecule has 3 unspecified atom stereocenters. The van der Waals surface area contributed by atoms with Gasteiger partial charge in [-0.15, -0.1) is 0 Å². The number of nitrogens with one attached hydrogen (secondary N) is 1. The summed E-state index contributed by atoms with van der Waals surface area (Å²) in [5.41, 5.74) is 1.59. The van der Waals surface area contributed by atoms with Gasteiger partial charge < -0.3 is 5.32 Å². The Morgan fingerprint density at radius 3 is 2.50 bits per heavy atom. The minimum Gasteiger partial charge on any atom is -0.382 e. The lowest BCUT2D eigenvalue weighted by molar-refractivity contribution is 0.261. The average Bonchev–Trinajstić information content (AvgIpc) is 2.35. The quantitative estimate of drug-likeness (QED) is 0.901. The molecule has 0 amide bonds. The molecule has 0 aromatic heterocycles. The van der Waals surface area contributed by atoms with Gasteiger partial charge in [-0.1, -0.05) is 19.9 Å². The molecule has 1 aliphatic carbocycles. The maximum Gasteiger partial charge on any atom is 0.238 e. The van der Waals surface area contributed by atoms with E-state index in [1.807, 2.05) is 6.07 Å². The maximum absolute atomic E-state index is 11.5. The molecule has 5 heteroatoms. The van der Waals surface area contributed by atoms with Gasteiger partial charge in [0.2, 0.25) is 10.0 Å². The van der Waals surface area contributed by atoms with E-state index in [1.54, 1.807) is 19.1 Å². The highest BCUT2D eigenvalue weighted by atomic mass is 32.2. The molecule has 0 aliphatic heterocycles. The second-order valence-corrected chi connectivity index (χ2v) is 7.61. The predicted octanol–water partition coefficient (Wildman–Crippen LogP) is 2.88. The van der Waals surface area contributed by atoms with Crippen LogP contribution >= 0.6 is 0 Å². The number of anilines is 1. The maximum atomic E-state index is 11.5. The average molecular weight is 296 g/mol. The number of primary sulfonamides is 1. The summed E-state index contributed by atoms with van der Waals surface area (Å²) in [6.45, 7) is 6.39. The normalized spacial score (nSPS) is 27.3. The van der Waals surface area contributed by atoms with Crippen LogP contribution in [0.4, 0.5) is 5.69 Å². The summed E-state index contributed by atoms with van der Waals surface area (Å²) in [4.78, 5) is 0.208. The van der Waals surface area contributed by atoms with Crippen LogP contribution in [0.15, 0.2) is 23.1 Å². The Morgan fingerprint density at radius 2 is 1.90 bits per heavy atom. The largest absolute Gasteiger partial charge is 0.382 e. The first-order valence-corrected chi connectivity index (χ1v) is 8.72. The van der Waals surface area contributed by atoms with Crippen LogP contribution in [0.25, 0.3) is 0 Å². The zero-order valence-corrected chi connectivity index (χ0v) is 13.2. The number of benzene rings is 1. The molecule has 4 nitrogen and oxygen atoms in total. The molecule has 0 saturated heterocycles. The first-order valence-electron chi connectivity index (χ1n) is 7.18. The van der Waals surface area contributed by atoms with E-state index in [9.17, 15) is 8.42 Å². The van der Waals surface area contributed by atoms with Gasteiger partial charge in [0.15, 0.2) is 0 Å². The minimum absolute atomic E-state index is 0.208. The molecule has 3 N–H and O–H groups in total. The third-order valence-corrected chi connectivity index (χ3v) is 5.60. The van der Waals surface area contributed by atoms with Gasteiger partial charge in [0.25, 0.3) is 0 Å². The number of rotatable bonds is 3. The van der Waals surface area contributed by atoms with Crippen LogP contribution in [0.2, 0.25) is 0 Å². The lowest BCUT2D eigenvalue weighted by Crippen LogP contribution is -2.30. The lowest BCUT2D eigenvalue weighted by Gasteiger charge is -2.33. The van der Waals surface area contributed by atoms with Gasteiger partial charge >= 0.3 is 0 Å². The molecule has 1 aromatic rings. The zero-order chi connectivity index (χ0) is 14.9. The van der Waals surface area contributed by atoms with Crippen molar-refractivity contribution in [2.24, 2.45) is 17.0 Å². The third kappa shape index (κ3) is 3.33. The SMILES string of the molecule is Cc1c(NC2CCC(C)C(C)C2)cccc1S(N)(=O)=O. The van der Waals surface area contributed by atoms with Gasteiger partial charge in [0.05, 0.1) is 4.90 Å². The van der Waals surface area contributed by atoms with E-state index in [2.05, 4.69) is 19.2 Å². The van der Waals surface area contributed by atoms with Crippen LogP contribution < -0.4 is 10.5 Å². The summed E-state index contributed by atoms with van der Waals surface area (Å²) in [5.74, 6) is 1.47. The van der Waals surface area contributed by atoms with E-state index < -0.39 is 10.0 Å². The number of sulfonamides is 1. The standard InChI is InChI=1S/C15H24N2O2S/c1-10-7-8-13(9-11(10)2)17-14-5-4-6-15(12(14)3)20(16,18)19/h4-6,10-11,13,17H,7-9H2,1-3H3,(H2,16,18,19). The van der Waals surface area contributed by atoms with E-state index in [-0.39, 0.29) is 4.90 Å². The zero-order valence-electron chi connectivity index (χ0n) is 12.4. The highest BCUT2D eigenvalue weighted by molar-refractivity contribution is 7.89. The van der Waals surface area contributed by atoms with Crippen LogP contribution in [0.1, 0.15) is 38.7 Å². The summed E-state index contributed by atoms with van der Waals surface area (Å²) < 4.78 is 23.1. The summed E-state index contributed by atoms with van der Waals surface area (Å²) in [6.07, 6.45) is 3.47. The Labute approximate surface area is 121 Å².